The van der Waals surface area contributed by atoms with Crippen LogP contribution < -0.4 is 5.73 Å². The zero-order valence-corrected chi connectivity index (χ0v) is 13.9. The third kappa shape index (κ3) is 4.46. The van der Waals surface area contributed by atoms with Gasteiger partial charge in [0.05, 0.1) is 18.4 Å². The van der Waals surface area contributed by atoms with Gasteiger partial charge in [0.25, 0.3) is 0 Å². The van der Waals surface area contributed by atoms with Gasteiger partial charge in [-0.3, -0.25) is 4.79 Å². The Kier molecular flexibility index (Phi) is 6.22. The number of hydrogen-bond donors (Lipinski definition) is 3. The molecule has 0 aromatic carbocycles. The summed E-state index contributed by atoms with van der Waals surface area (Å²) in [7, 11) is 0. The van der Waals surface area contributed by atoms with Crippen LogP contribution in [-0.4, -0.2) is 49.5 Å². The van der Waals surface area contributed by atoms with Crippen LogP contribution in [0.2, 0.25) is 0 Å². The molecule has 0 saturated heterocycles. The number of carbonyl (C=O) groups is 1. The van der Waals surface area contributed by atoms with Gasteiger partial charge >= 0.3 is 0 Å². The molecule has 0 bridgehead atoms. The van der Waals surface area contributed by atoms with Gasteiger partial charge in [0, 0.05) is 6.54 Å². The molecule has 9 heteroatoms. The molecule has 0 unspecified atom stereocenters. The molecule has 0 spiro atoms. The maximum Gasteiger partial charge on any atom is 0.233 e. The topological polar surface area (TPSA) is 108 Å². The average Bonchev–Trinajstić information content (AvgIpc) is 3.16. The molecule has 0 aliphatic heterocycles. The van der Waals surface area contributed by atoms with E-state index in [0.717, 1.165) is 5.56 Å². The minimum absolute atomic E-state index is 0.0509. The first-order valence-corrected chi connectivity index (χ1v) is 8.79. The van der Waals surface area contributed by atoms with E-state index in [1.54, 1.807) is 16.2 Å². The fraction of sp³-hybridized carbons (Fsp3) is 0.462. The summed E-state index contributed by atoms with van der Waals surface area (Å²) in [6, 6.07) is 1.79. The molecule has 2 aromatic heterocycles. The van der Waals surface area contributed by atoms with Crippen molar-refractivity contribution in [2.24, 2.45) is 0 Å². The molecule has 0 aliphatic carbocycles. The highest BCUT2D eigenvalue weighted by atomic mass is 32.2. The molecule has 2 aromatic rings. The number of aromatic nitrogens is 3. The molecule has 0 saturated carbocycles. The minimum Gasteiger partial charge on any atom is -0.394 e. The van der Waals surface area contributed by atoms with E-state index in [4.69, 9.17) is 5.73 Å². The largest absolute Gasteiger partial charge is 0.394 e. The first kappa shape index (κ1) is 16.8. The lowest BCUT2D eigenvalue weighted by Crippen LogP contribution is -2.42. The van der Waals surface area contributed by atoms with Crippen molar-refractivity contribution in [2.75, 3.05) is 18.1 Å². The maximum atomic E-state index is 12.5. The van der Waals surface area contributed by atoms with Crippen molar-refractivity contribution in [3.63, 3.8) is 0 Å². The highest BCUT2D eigenvalue weighted by Crippen LogP contribution is 2.18. The number of aliphatic hydroxyl groups excluding tert-OH is 1. The maximum absolute atomic E-state index is 12.5. The molecule has 2 rings (SSSR count). The second-order valence-corrected chi connectivity index (χ2v) is 6.41. The monoisotopic (exact) mass is 341 g/mol. The Hall–Kier alpha value is -1.58. The van der Waals surface area contributed by atoms with Crippen LogP contribution in [0.4, 0.5) is 5.95 Å². The smallest absolute Gasteiger partial charge is 0.233 e. The summed E-state index contributed by atoms with van der Waals surface area (Å²) in [6.45, 7) is 2.40. The lowest BCUT2D eigenvalue weighted by atomic mass is 10.2. The fourth-order valence-electron chi connectivity index (χ4n) is 1.98. The van der Waals surface area contributed by atoms with Crippen molar-refractivity contribution in [1.29, 1.82) is 0 Å². The number of H-pyrrole nitrogens is 1. The summed E-state index contributed by atoms with van der Waals surface area (Å²) in [6.07, 6.45) is 0.699. The van der Waals surface area contributed by atoms with E-state index in [0.29, 0.717) is 18.1 Å². The van der Waals surface area contributed by atoms with E-state index in [1.165, 1.54) is 11.8 Å². The highest BCUT2D eigenvalue weighted by molar-refractivity contribution is 7.99. The van der Waals surface area contributed by atoms with Crippen LogP contribution in [0.3, 0.4) is 0 Å². The van der Waals surface area contributed by atoms with Crippen LogP contribution in [0, 0.1) is 0 Å². The Morgan fingerprint density at radius 3 is 3.00 bits per heavy atom. The number of aromatic amines is 1. The van der Waals surface area contributed by atoms with Gasteiger partial charge in [0.2, 0.25) is 17.0 Å². The average molecular weight is 341 g/mol. The van der Waals surface area contributed by atoms with Crippen LogP contribution in [0.25, 0.3) is 0 Å². The third-order valence-corrected chi connectivity index (χ3v) is 4.75. The van der Waals surface area contributed by atoms with Gasteiger partial charge in [-0.25, -0.2) is 5.10 Å². The number of anilines is 1. The van der Waals surface area contributed by atoms with Gasteiger partial charge in [-0.15, -0.1) is 5.10 Å². The number of nitrogens with one attached hydrogen (secondary N) is 1. The van der Waals surface area contributed by atoms with Gasteiger partial charge in [-0.1, -0.05) is 18.7 Å². The molecular formula is C13H19N5O2S2. The van der Waals surface area contributed by atoms with Crippen LogP contribution in [-0.2, 0) is 11.3 Å². The SMILES string of the molecule is CC[C@H](CO)N(Cc1ccsc1)C(=O)CSc1n[nH]c(N)n1. The summed E-state index contributed by atoms with van der Waals surface area (Å²) in [5.41, 5.74) is 6.52. The van der Waals surface area contributed by atoms with Crippen molar-refractivity contribution < 1.29 is 9.90 Å². The number of carbonyl (C=O) groups excluding carboxylic acids is 1. The summed E-state index contributed by atoms with van der Waals surface area (Å²) in [4.78, 5) is 18.2. The van der Waals surface area contributed by atoms with E-state index in [-0.39, 0.29) is 30.3 Å². The molecule has 1 amide bonds. The number of nitrogen functional groups attached to an aromatic ring is 1. The van der Waals surface area contributed by atoms with E-state index < -0.39 is 0 Å². The Morgan fingerprint density at radius 2 is 2.45 bits per heavy atom. The second-order valence-electron chi connectivity index (χ2n) is 4.69. The molecule has 7 nitrogen and oxygen atoms in total. The Morgan fingerprint density at radius 1 is 1.64 bits per heavy atom. The quantitative estimate of drug-likeness (QED) is 0.625. The molecule has 2 heterocycles. The number of nitrogens with zero attached hydrogens (tertiary/aromatic N) is 3. The van der Waals surface area contributed by atoms with Gasteiger partial charge in [0.15, 0.2) is 0 Å². The Bertz CT molecular complexity index is 583. The van der Waals surface area contributed by atoms with Gasteiger partial charge in [-0.05, 0) is 28.8 Å². The zero-order chi connectivity index (χ0) is 15.9. The lowest BCUT2D eigenvalue weighted by Gasteiger charge is -2.29. The number of nitrogens with two attached hydrogens (primary N) is 1. The number of aliphatic hydroxyl groups is 1. The van der Waals surface area contributed by atoms with Crippen LogP contribution in [0.5, 0.6) is 0 Å². The Balaban J connectivity index is 2.01. The molecule has 0 radical (unpaired) electrons. The normalized spacial score (nSPS) is 12.3. The minimum atomic E-state index is -0.190. The van der Waals surface area contributed by atoms with E-state index in [9.17, 15) is 9.90 Å². The standard InChI is InChI=1S/C13H19N5O2S2/c1-2-10(6-19)18(5-9-3-4-21-7-9)11(20)8-22-13-15-12(14)16-17-13/h3-4,7,10,19H,2,5-6,8H2,1H3,(H3,14,15,16,17)/t10-/m1/s1. The number of thiophene rings is 1. The van der Waals surface area contributed by atoms with Crippen LogP contribution in [0.1, 0.15) is 18.9 Å². The van der Waals surface area contributed by atoms with E-state index >= 15 is 0 Å². The number of thioether (sulfide) groups is 1. The third-order valence-electron chi connectivity index (χ3n) is 3.18. The fourth-order valence-corrected chi connectivity index (χ4v) is 3.33. The predicted octanol–water partition coefficient (Wildman–Crippen LogP) is 1.34. The second kappa shape index (κ2) is 8.16. The van der Waals surface area contributed by atoms with Crippen molar-refractivity contribution >= 4 is 35.0 Å². The zero-order valence-electron chi connectivity index (χ0n) is 12.2. The van der Waals surface area contributed by atoms with E-state index in [2.05, 4.69) is 15.2 Å². The summed E-state index contributed by atoms with van der Waals surface area (Å²) < 4.78 is 0. The first-order valence-electron chi connectivity index (χ1n) is 6.86. The van der Waals surface area contributed by atoms with Gasteiger partial charge in [-0.2, -0.15) is 16.3 Å². The molecule has 120 valence electrons. The molecule has 0 aliphatic rings. The van der Waals surface area contributed by atoms with Crippen molar-refractivity contribution in [3.05, 3.63) is 22.4 Å². The van der Waals surface area contributed by atoms with Gasteiger partial charge in [0.1, 0.15) is 0 Å². The van der Waals surface area contributed by atoms with E-state index in [1.807, 2.05) is 23.8 Å². The first-order chi connectivity index (χ1) is 10.6. The number of amides is 1. The van der Waals surface area contributed by atoms with Crippen molar-refractivity contribution in [2.45, 2.75) is 31.1 Å². The van der Waals surface area contributed by atoms with Crippen molar-refractivity contribution in [3.8, 4) is 0 Å². The van der Waals surface area contributed by atoms with Crippen molar-refractivity contribution in [1.82, 2.24) is 20.1 Å². The lowest BCUT2D eigenvalue weighted by molar-refractivity contribution is -0.132. The number of hydrogen-bond acceptors (Lipinski definition) is 7. The summed E-state index contributed by atoms with van der Waals surface area (Å²) >= 11 is 2.81. The molecular weight excluding hydrogens is 322 g/mol. The molecule has 1 atom stereocenters. The van der Waals surface area contributed by atoms with Crippen LogP contribution >= 0.6 is 23.1 Å². The molecule has 4 N–H and O–H groups in total. The summed E-state index contributed by atoms with van der Waals surface area (Å²) in [5.74, 6) is 0.380. The predicted molar refractivity (Wildman–Crippen MR) is 87.6 cm³/mol. The van der Waals surface area contributed by atoms with Gasteiger partial charge < -0.3 is 15.7 Å². The molecule has 0 fully saturated rings. The number of rotatable bonds is 8. The Labute approximate surface area is 136 Å². The highest BCUT2D eigenvalue weighted by Gasteiger charge is 2.22. The van der Waals surface area contributed by atoms with Crippen LogP contribution in [0.15, 0.2) is 22.0 Å². The summed E-state index contributed by atoms with van der Waals surface area (Å²) in [5, 5.41) is 20.4. The molecule has 22 heavy (non-hydrogen) atoms.